The van der Waals surface area contributed by atoms with Crippen molar-refractivity contribution in [3.05, 3.63) is 72.8 Å². The number of rotatable bonds is 0. The number of fused-ring (bicyclic) bond motifs is 8. The molecule has 0 aliphatic heterocycles. The van der Waals surface area contributed by atoms with Gasteiger partial charge in [-0.15, -0.1) is 0 Å². The molecule has 0 amide bonds. The van der Waals surface area contributed by atoms with Crippen LogP contribution in [0, 0.1) is 0 Å². The van der Waals surface area contributed by atoms with Crippen molar-refractivity contribution >= 4 is 54.5 Å². The fourth-order valence-electron chi connectivity index (χ4n) is 3.84. The Bertz CT molecular complexity index is 1400. The Morgan fingerprint density at radius 1 is 0.625 bits per heavy atom. The zero-order valence-electron chi connectivity index (χ0n) is 12.8. The van der Waals surface area contributed by atoms with Gasteiger partial charge in [0.05, 0.1) is 5.52 Å². The molecule has 0 atom stereocenters. The van der Waals surface area contributed by atoms with E-state index in [-0.39, 0.29) is 0 Å². The van der Waals surface area contributed by atoms with Crippen LogP contribution in [0.4, 0.5) is 0 Å². The summed E-state index contributed by atoms with van der Waals surface area (Å²) >= 11 is 0. The second-order valence-electron chi connectivity index (χ2n) is 6.33. The van der Waals surface area contributed by atoms with E-state index in [2.05, 4.69) is 65.6 Å². The lowest BCUT2D eigenvalue weighted by atomic mass is 10.1. The Hall–Kier alpha value is -3.26. The first-order chi connectivity index (χ1) is 11.9. The van der Waals surface area contributed by atoms with Gasteiger partial charge >= 0.3 is 0 Å². The zero-order chi connectivity index (χ0) is 15.7. The molecule has 0 aliphatic carbocycles. The highest BCUT2D eigenvalue weighted by atomic mass is 16.3. The van der Waals surface area contributed by atoms with Gasteiger partial charge in [0.2, 0.25) is 0 Å². The summed E-state index contributed by atoms with van der Waals surface area (Å²) in [5.41, 5.74) is 4.10. The average molecular weight is 307 g/mol. The van der Waals surface area contributed by atoms with E-state index in [9.17, 15) is 0 Å². The van der Waals surface area contributed by atoms with Gasteiger partial charge in [0.15, 0.2) is 5.58 Å². The number of hydrogen-bond acceptors (Lipinski definition) is 1. The highest BCUT2D eigenvalue weighted by Gasteiger charge is 2.13. The smallest absolute Gasteiger partial charge is 0.159 e. The Balaban J connectivity index is 1.85. The molecule has 2 nitrogen and oxygen atoms in total. The fraction of sp³-hybridized carbons (Fsp3) is 0. The summed E-state index contributed by atoms with van der Waals surface area (Å²) in [6.07, 6.45) is 0. The van der Waals surface area contributed by atoms with E-state index in [1.807, 2.05) is 12.1 Å². The van der Waals surface area contributed by atoms with E-state index in [0.29, 0.717) is 0 Å². The normalized spacial score (nSPS) is 12.2. The van der Waals surface area contributed by atoms with E-state index in [1.165, 1.54) is 26.9 Å². The quantitative estimate of drug-likeness (QED) is 0.347. The molecule has 0 fully saturated rings. The van der Waals surface area contributed by atoms with E-state index in [4.69, 9.17) is 4.42 Å². The fourth-order valence-corrected chi connectivity index (χ4v) is 3.84. The number of H-pyrrole nitrogens is 1. The van der Waals surface area contributed by atoms with E-state index in [1.54, 1.807) is 0 Å². The second kappa shape index (κ2) is 4.18. The van der Waals surface area contributed by atoms with Gasteiger partial charge in [-0.2, -0.15) is 0 Å². The molecule has 4 aromatic carbocycles. The summed E-state index contributed by atoms with van der Waals surface area (Å²) in [6, 6.07) is 25.5. The molecule has 24 heavy (non-hydrogen) atoms. The largest absolute Gasteiger partial charge is 0.454 e. The van der Waals surface area contributed by atoms with Gasteiger partial charge in [0.1, 0.15) is 5.58 Å². The molecule has 6 aromatic rings. The third-order valence-electron chi connectivity index (χ3n) is 4.98. The van der Waals surface area contributed by atoms with Gasteiger partial charge in [-0.25, -0.2) is 0 Å². The van der Waals surface area contributed by atoms with Crippen molar-refractivity contribution in [3.63, 3.8) is 0 Å². The van der Waals surface area contributed by atoms with Crippen molar-refractivity contribution in [3.8, 4) is 0 Å². The van der Waals surface area contributed by atoms with Crippen LogP contribution in [0.15, 0.2) is 77.2 Å². The molecule has 2 heteroatoms. The van der Waals surface area contributed by atoms with Gasteiger partial charge < -0.3 is 9.40 Å². The zero-order valence-corrected chi connectivity index (χ0v) is 12.8. The van der Waals surface area contributed by atoms with Gasteiger partial charge in [-0.3, -0.25) is 0 Å². The molecule has 2 aromatic heterocycles. The first-order valence-electron chi connectivity index (χ1n) is 8.13. The Labute approximate surface area is 137 Å². The number of hydrogen-bond donors (Lipinski definition) is 1. The molecule has 1 N–H and O–H groups in total. The summed E-state index contributed by atoms with van der Waals surface area (Å²) in [4.78, 5) is 3.58. The van der Waals surface area contributed by atoms with E-state index < -0.39 is 0 Å². The van der Waals surface area contributed by atoms with Crippen LogP contribution in [-0.2, 0) is 0 Å². The predicted octanol–water partition coefficient (Wildman–Crippen LogP) is 6.37. The molecular weight excluding hydrogens is 294 g/mol. The van der Waals surface area contributed by atoms with Gasteiger partial charge in [0, 0.05) is 27.1 Å². The van der Waals surface area contributed by atoms with Crippen LogP contribution < -0.4 is 0 Å². The molecule has 0 radical (unpaired) electrons. The summed E-state index contributed by atoms with van der Waals surface area (Å²) in [7, 11) is 0. The van der Waals surface area contributed by atoms with Crippen LogP contribution in [0.5, 0.6) is 0 Å². The lowest BCUT2D eigenvalue weighted by molar-refractivity contribution is 0.672. The number of para-hydroxylation sites is 1. The van der Waals surface area contributed by atoms with Crippen LogP contribution in [0.25, 0.3) is 54.5 Å². The van der Waals surface area contributed by atoms with E-state index >= 15 is 0 Å². The van der Waals surface area contributed by atoms with Gasteiger partial charge in [-0.05, 0) is 35.0 Å². The number of furan rings is 1. The van der Waals surface area contributed by atoms with Crippen molar-refractivity contribution in [2.75, 3.05) is 0 Å². The van der Waals surface area contributed by atoms with Crippen molar-refractivity contribution < 1.29 is 4.42 Å². The topological polar surface area (TPSA) is 28.9 Å². The SMILES string of the molecule is c1ccc2cc3c(cc2c1)[nH]c1c3ccc2c3ccccc3oc21. The van der Waals surface area contributed by atoms with Crippen LogP contribution in [0.2, 0.25) is 0 Å². The Morgan fingerprint density at radius 2 is 1.38 bits per heavy atom. The number of aromatic amines is 1. The summed E-state index contributed by atoms with van der Waals surface area (Å²) < 4.78 is 6.16. The number of nitrogens with one attached hydrogen (secondary N) is 1. The van der Waals surface area contributed by atoms with Crippen LogP contribution in [0.3, 0.4) is 0 Å². The minimum absolute atomic E-state index is 0.934. The van der Waals surface area contributed by atoms with Crippen molar-refractivity contribution in [1.29, 1.82) is 0 Å². The van der Waals surface area contributed by atoms with Crippen LogP contribution in [-0.4, -0.2) is 4.98 Å². The number of benzene rings is 4. The maximum atomic E-state index is 6.16. The Kier molecular flexibility index (Phi) is 2.12. The molecule has 0 saturated carbocycles. The molecule has 6 rings (SSSR count). The molecule has 0 saturated heterocycles. The highest BCUT2D eigenvalue weighted by Crippen LogP contribution is 2.37. The summed E-state index contributed by atoms with van der Waals surface area (Å²) in [5.74, 6) is 0. The lowest BCUT2D eigenvalue weighted by Crippen LogP contribution is -1.72. The van der Waals surface area contributed by atoms with Gasteiger partial charge in [-0.1, -0.05) is 48.5 Å². The summed E-state index contributed by atoms with van der Waals surface area (Å²) in [5, 5.41) is 7.29. The van der Waals surface area contributed by atoms with Crippen molar-refractivity contribution in [2.45, 2.75) is 0 Å². The Morgan fingerprint density at radius 3 is 2.29 bits per heavy atom. The van der Waals surface area contributed by atoms with Gasteiger partial charge in [0.25, 0.3) is 0 Å². The lowest BCUT2D eigenvalue weighted by Gasteiger charge is -1.97. The monoisotopic (exact) mass is 307 g/mol. The maximum Gasteiger partial charge on any atom is 0.159 e. The third kappa shape index (κ3) is 1.45. The van der Waals surface area contributed by atoms with Crippen molar-refractivity contribution in [1.82, 2.24) is 4.98 Å². The molecule has 0 bridgehead atoms. The predicted molar refractivity (Wildman–Crippen MR) is 101 cm³/mol. The maximum absolute atomic E-state index is 6.16. The minimum atomic E-state index is 0.934. The molecule has 0 unspecified atom stereocenters. The first kappa shape index (κ1) is 12.2. The molecule has 2 heterocycles. The first-order valence-corrected chi connectivity index (χ1v) is 8.13. The molecule has 0 aliphatic rings. The van der Waals surface area contributed by atoms with Crippen LogP contribution in [0.1, 0.15) is 0 Å². The molecular formula is C22H13NO. The van der Waals surface area contributed by atoms with Crippen molar-refractivity contribution in [2.24, 2.45) is 0 Å². The third-order valence-corrected chi connectivity index (χ3v) is 4.98. The molecule has 112 valence electrons. The number of aromatic nitrogens is 1. The molecule has 0 spiro atoms. The van der Waals surface area contributed by atoms with Crippen LogP contribution >= 0.6 is 0 Å². The average Bonchev–Trinajstić information content (AvgIpc) is 3.17. The van der Waals surface area contributed by atoms with E-state index in [0.717, 1.165) is 27.6 Å². The standard InChI is InChI=1S/C22H13NO/c1-2-6-14-12-19-18(11-13(14)5-1)16-9-10-17-15-7-3-4-8-20(15)24-22(17)21(16)23-19/h1-12,23H. The minimum Gasteiger partial charge on any atom is -0.454 e. The second-order valence-corrected chi connectivity index (χ2v) is 6.33. The summed E-state index contributed by atoms with van der Waals surface area (Å²) in [6.45, 7) is 0. The highest BCUT2D eigenvalue weighted by molar-refractivity contribution is 6.21.